The number of amides is 4. The summed E-state index contributed by atoms with van der Waals surface area (Å²) in [5.74, 6) is 0.942. The number of nitrogens with one attached hydrogen (secondary N) is 4. The fraction of sp³-hybridized carbons (Fsp3) is 0.463. The highest BCUT2D eigenvalue weighted by Gasteiger charge is 2.18. The van der Waals surface area contributed by atoms with Gasteiger partial charge >= 0.3 is 6.09 Å². The van der Waals surface area contributed by atoms with Gasteiger partial charge in [0.05, 0.1) is 50.5 Å². The number of alkyl carbamates (subject to hydrolysis) is 1. The van der Waals surface area contributed by atoms with Gasteiger partial charge in [0, 0.05) is 40.2 Å². The highest BCUT2D eigenvalue weighted by Crippen LogP contribution is 2.27. The Morgan fingerprint density at radius 3 is 1.45 bits per heavy atom. The van der Waals surface area contributed by atoms with Crippen LogP contribution in [0.1, 0.15) is 65.0 Å². The van der Waals surface area contributed by atoms with Gasteiger partial charge in [-0.3, -0.25) is 14.4 Å². The quantitative estimate of drug-likeness (QED) is 0.0452. The largest absolute Gasteiger partial charge is 0.453 e. The molecule has 0 aliphatic heterocycles. The van der Waals surface area contributed by atoms with Crippen molar-refractivity contribution in [2.24, 2.45) is 0 Å². The van der Waals surface area contributed by atoms with Gasteiger partial charge in [-0.15, -0.1) is 0 Å². The molecule has 0 aliphatic carbocycles. The first-order chi connectivity index (χ1) is 28.6. The zero-order chi connectivity index (χ0) is 45.1. The molecular formula is C41H59F4N8O6P. The van der Waals surface area contributed by atoms with E-state index in [1.54, 1.807) is 36.4 Å². The van der Waals surface area contributed by atoms with Crippen LogP contribution in [0.3, 0.4) is 0 Å². The summed E-state index contributed by atoms with van der Waals surface area (Å²) in [7, 11) is 5.96. The van der Waals surface area contributed by atoms with Crippen LogP contribution in [0.4, 0.5) is 22.4 Å². The van der Waals surface area contributed by atoms with Gasteiger partial charge in [-0.05, 0) is 35.1 Å². The minimum Gasteiger partial charge on any atom is -0.453 e. The topological polar surface area (TPSA) is 175 Å². The predicted molar refractivity (Wildman–Crippen MR) is 227 cm³/mol. The molecular weight excluding hydrogens is 807 g/mol. The molecule has 0 aliphatic rings. The summed E-state index contributed by atoms with van der Waals surface area (Å²) in [6.07, 6.45) is 2.70. The molecule has 2 aromatic carbocycles. The van der Waals surface area contributed by atoms with Crippen LogP contribution in [-0.2, 0) is 36.9 Å². The maximum Gasteiger partial charge on any atom is 0.407 e. The van der Waals surface area contributed by atoms with Gasteiger partial charge in [0.25, 0.3) is 5.66 Å². The first kappa shape index (κ1) is 52.7. The molecule has 0 fully saturated rings. The predicted octanol–water partition coefficient (Wildman–Crippen LogP) is 7.50. The number of nitrogens with zero attached hydrogens (tertiary/aromatic N) is 4. The Balaban J connectivity index is 0.00000111. The van der Waals surface area contributed by atoms with E-state index in [-0.39, 0.29) is 37.7 Å². The lowest BCUT2D eigenvalue weighted by atomic mass is 10.0. The van der Waals surface area contributed by atoms with Crippen molar-refractivity contribution in [3.8, 4) is 33.6 Å². The number of methoxy groups -OCH3 is 2. The molecule has 0 spiro atoms. The summed E-state index contributed by atoms with van der Waals surface area (Å²) in [6.45, 7) is 8.41. The van der Waals surface area contributed by atoms with E-state index in [1.807, 2.05) is 62.4 Å². The van der Waals surface area contributed by atoms with Crippen LogP contribution in [0.5, 0.6) is 0 Å². The molecule has 0 bridgehead atoms. The molecule has 60 heavy (non-hydrogen) atoms. The second-order valence-corrected chi connectivity index (χ2v) is 13.8. The Labute approximate surface area is 351 Å². The number of halogens is 4. The van der Waals surface area contributed by atoms with Crippen LogP contribution in [0.15, 0.2) is 60.9 Å². The third-order valence-corrected chi connectivity index (χ3v) is 8.45. The van der Waals surface area contributed by atoms with Gasteiger partial charge in [0.1, 0.15) is 18.2 Å². The third-order valence-electron chi connectivity index (χ3n) is 8.04. The van der Waals surface area contributed by atoms with Gasteiger partial charge in [0.15, 0.2) is 0 Å². The molecule has 0 radical (unpaired) electrons. The van der Waals surface area contributed by atoms with E-state index in [9.17, 15) is 36.7 Å². The van der Waals surface area contributed by atoms with E-state index in [1.165, 1.54) is 30.2 Å². The first-order valence-corrected chi connectivity index (χ1v) is 19.9. The molecule has 14 nitrogen and oxygen atoms in total. The van der Waals surface area contributed by atoms with Gasteiger partial charge in [-0.2, -0.15) is 0 Å². The van der Waals surface area contributed by atoms with Crippen LogP contribution in [-0.4, -0.2) is 114 Å². The van der Waals surface area contributed by atoms with Crippen LogP contribution in [0, 0.1) is 0 Å². The second kappa shape index (κ2) is 29.0. The molecule has 1 atom stereocenters. The Kier molecular flexibility index (Phi) is 25.4. The number of alkyl halides is 4. The summed E-state index contributed by atoms with van der Waals surface area (Å²) in [6, 6.07) is 16.3. The number of hydrogen-bond acceptors (Lipinski definition) is 8. The number of hydrogen-bond donors (Lipinski definition) is 4. The fourth-order valence-electron chi connectivity index (χ4n) is 4.92. The highest BCUT2D eigenvalue weighted by atomic mass is 31.0. The maximum atomic E-state index is 12.6. The van der Waals surface area contributed by atoms with Crippen molar-refractivity contribution in [1.29, 1.82) is 0 Å². The summed E-state index contributed by atoms with van der Waals surface area (Å²) >= 11 is 0. The van der Waals surface area contributed by atoms with Crippen molar-refractivity contribution < 1.29 is 46.2 Å². The standard InChI is InChI=1S/C33H40N8O5.C3H7F2P.C3H6F2.C2H6O/c1-4-14-40(31(43)18-34-22-42)20-29-35-16-27(38-29)25-10-6-23(7-11-25)24-8-12-26(13-9-24)28-17-36-30(39-28)21-41(15-5-2)32(44)19-37-33(45)46-3;1-2-3(4,5)6;1-2-3(4)5;1-3-2/h6-13,16-17,22H,4-5,14-15,18-21H2,1-3H3,(H,34,42)(H,35,38)(H,36,39)(H,37,45);2,6H2,1H3;3H,2H2,1H3;1-2H3. The number of carbonyl (C=O) groups excluding carboxylic acids is 4. The Bertz CT molecular complexity index is 1820. The van der Waals surface area contributed by atoms with Crippen LogP contribution >= 0.6 is 9.24 Å². The number of H-pyrrole nitrogens is 2. The van der Waals surface area contributed by atoms with E-state index in [0.717, 1.165) is 46.5 Å². The molecule has 2 aromatic heterocycles. The fourth-order valence-corrected chi connectivity index (χ4v) is 4.92. The Hall–Kier alpha value is -5.35. The minimum absolute atomic E-state index is 0.0278. The zero-order valence-corrected chi connectivity index (χ0v) is 36.5. The van der Waals surface area contributed by atoms with Crippen molar-refractivity contribution in [2.45, 2.75) is 78.6 Å². The number of aromatic nitrogens is 4. The number of ether oxygens (including phenoxy) is 2. The number of imidazole rings is 2. The molecule has 4 rings (SSSR count). The second-order valence-electron chi connectivity index (χ2n) is 12.9. The van der Waals surface area contributed by atoms with E-state index >= 15 is 0 Å². The van der Waals surface area contributed by atoms with Crippen LogP contribution in [0.2, 0.25) is 0 Å². The van der Waals surface area contributed by atoms with E-state index < -0.39 is 18.2 Å². The Morgan fingerprint density at radius 2 is 1.13 bits per heavy atom. The summed E-state index contributed by atoms with van der Waals surface area (Å²) in [5, 5.41) is 4.85. The van der Waals surface area contributed by atoms with E-state index in [2.05, 4.69) is 40.0 Å². The molecule has 19 heteroatoms. The molecule has 4 N–H and O–H groups in total. The van der Waals surface area contributed by atoms with Gasteiger partial charge in [-0.1, -0.05) is 85.5 Å². The number of carbonyl (C=O) groups is 4. The highest BCUT2D eigenvalue weighted by molar-refractivity contribution is 7.18. The molecule has 332 valence electrons. The Morgan fingerprint density at radius 1 is 0.767 bits per heavy atom. The molecule has 4 amide bonds. The lowest BCUT2D eigenvalue weighted by molar-refractivity contribution is -0.132. The summed E-state index contributed by atoms with van der Waals surface area (Å²) in [5.41, 5.74) is 3.18. The zero-order valence-electron chi connectivity index (χ0n) is 35.3. The SMILES string of the molecule is CCC(F)(F)P.CCC(F)F.CCCN(Cc1ncc(-c2ccc(-c3ccc(-c4cnc(CN(CCC)C(=O)CNC(=O)OC)[nH]4)cc3)cc2)[nH]1)C(=O)CNC=O.COC. The monoisotopic (exact) mass is 866 g/mol. The average molecular weight is 867 g/mol. The van der Waals surface area contributed by atoms with E-state index in [0.29, 0.717) is 44.2 Å². The lowest BCUT2D eigenvalue weighted by Crippen LogP contribution is -2.40. The molecule has 2 heterocycles. The van der Waals surface area contributed by atoms with Crippen molar-refractivity contribution in [3.05, 3.63) is 72.6 Å². The number of aromatic amines is 2. The molecule has 0 saturated carbocycles. The molecule has 4 aromatic rings. The summed E-state index contributed by atoms with van der Waals surface area (Å²) < 4.78 is 53.1. The number of rotatable bonds is 18. The smallest absolute Gasteiger partial charge is 0.407 e. The van der Waals surface area contributed by atoms with Gasteiger partial charge in [-0.25, -0.2) is 32.3 Å². The first-order valence-electron chi connectivity index (χ1n) is 19.3. The van der Waals surface area contributed by atoms with E-state index in [4.69, 9.17) is 0 Å². The van der Waals surface area contributed by atoms with Crippen molar-refractivity contribution >= 4 is 33.6 Å². The van der Waals surface area contributed by atoms with Crippen LogP contribution in [0.25, 0.3) is 33.6 Å². The van der Waals surface area contributed by atoms with Crippen molar-refractivity contribution in [2.75, 3.05) is 47.5 Å². The normalized spacial score (nSPS) is 10.5. The van der Waals surface area contributed by atoms with Gasteiger partial charge < -0.3 is 39.9 Å². The molecule has 1 unspecified atom stereocenters. The van der Waals surface area contributed by atoms with Crippen molar-refractivity contribution in [3.63, 3.8) is 0 Å². The number of benzene rings is 2. The minimum atomic E-state index is -2.54. The maximum absolute atomic E-state index is 12.6. The summed E-state index contributed by atoms with van der Waals surface area (Å²) in [4.78, 5) is 65.8. The van der Waals surface area contributed by atoms with Crippen LogP contribution < -0.4 is 10.6 Å². The third kappa shape index (κ3) is 20.6. The average Bonchev–Trinajstić information content (AvgIpc) is 3.92. The van der Waals surface area contributed by atoms with Gasteiger partial charge in [0.2, 0.25) is 24.6 Å². The van der Waals surface area contributed by atoms with Crippen molar-refractivity contribution in [1.82, 2.24) is 40.4 Å². The lowest BCUT2D eigenvalue weighted by Gasteiger charge is -2.21. The molecule has 0 saturated heterocycles.